The second-order valence-corrected chi connectivity index (χ2v) is 6.03. The summed E-state index contributed by atoms with van der Waals surface area (Å²) < 4.78 is 0.922. The third-order valence-corrected chi connectivity index (χ3v) is 3.86. The van der Waals surface area contributed by atoms with Crippen LogP contribution >= 0.6 is 38.5 Å². The summed E-state index contributed by atoms with van der Waals surface area (Å²) >= 11 is 5.48. The van der Waals surface area contributed by atoms with Gasteiger partial charge in [0.05, 0.1) is 5.56 Å². The van der Waals surface area contributed by atoms with Crippen LogP contribution in [0.25, 0.3) is 0 Å². The van der Waals surface area contributed by atoms with E-state index in [1.165, 1.54) is 6.07 Å². The lowest BCUT2D eigenvalue weighted by Gasteiger charge is -2.20. The smallest absolute Gasteiger partial charge is 0.255 e. The molecule has 0 spiro atoms. The highest BCUT2D eigenvalue weighted by Gasteiger charge is 2.18. The normalized spacial score (nSPS) is 12.5. The molecule has 0 radical (unpaired) electrons. The molecule has 1 amide bonds. The van der Waals surface area contributed by atoms with Crippen LogP contribution in [0.4, 0.5) is 0 Å². The summed E-state index contributed by atoms with van der Waals surface area (Å²) in [4.78, 5) is 12.0. The van der Waals surface area contributed by atoms with Gasteiger partial charge >= 0.3 is 0 Å². The fourth-order valence-electron chi connectivity index (χ4n) is 1.32. The Labute approximate surface area is 123 Å². The molecule has 0 aliphatic carbocycles. The van der Waals surface area contributed by atoms with Gasteiger partial charge in [-0.2, -0.15) is 0 Å². The summed E-state index contributed by atoms with van der Waals surface area (Å²) in [5.74, 6) is 0.113. The number of hydrogen-bond acceptors (Lipinski definition) is 2. The zero-order chi connectivity index (χ0) is 13.0. The summed E-state index contributed by atoms with van der Waals surface area (Å²) in [6.07, 6.45) is 0. The Kier molecular flexibility index (Phi) is 5.72. The molecule has 0 saturated carbocycles. The van der Waals surface area contributed by atoms with E-state index in [1.807, 2.05) is 13.8 Å². The molecule has 17 heavy (non-hydrogen) atoms. The standard InChI is InChI=1S/C12H15BrINO2/c1-7(2)10(6-13)15-12(17)9-5-8(14)3-4-11(9)16/h3-5,7,10,16H,6H2,1-2H3,(H,15,17). The minimum Gasteiger partial charge on any atom is -0.507 e. The maximum atomic E-state index is 12.0. The van der Waals surface area contributed by atoms with Gasteiger partial charge in [-0.25, -0.2) is 0 Å². The molecule has 0 aliphatic heterocycles. The molecule has 0 aromatic heterocycles. The van der Waals surface area contributed by atoms with Gasteiger partial charge in [-0.15, -0.1) is 0 Å². The highest BCUT2D eigenvalue weighted by atomic mass is 127. The van der Waals surface area contributed by atoms with Gasteiger partial charge < -0.3 is 10.4 Å². The molecule has 0 bridgehead atoms. The van der Waals surface area contributed by atoms with Crippen molar-refractivity contribution >= 4 is 44.4 Å². The number of alkyl halides is 1. The highest BCUT2D eigenvalue weighted by Crippen LogP contribution is 2.20. The first-order chi connectivity index (χ1) is 7.95. The van der Waals surface area contributed by atoms with Gasteiger partial charge in [-0.3, -0.25) is 4.79 Å². The zero-order valence-corrected chi connectivity index (χ0v) is 13.4. The van der Waals surface area contributed by atoms with Crippen LogP contribution in [0.1, 0.15) is 24.2 Å². The predicted octanol–water partition coefficient (Wildman–Crippen LogP) is 3.15. The van der Waals surface area contributed by atoms with E-state index in [0.717, 1.165) is 3.57 Å². The van der Waals surface area contributed by atoms with Crippen LogP contribution in [0.3, 0.4) is 0 Å². The Balaban J connectivity index is 2.86. The molecule has 3 nitrogen and oxygen atoms in total. The Hall–Kier alpha value is -0.300. The molecular weight excluding hydrogens is 397 g/mol. The molecular formula is C12H15BrINO2. The van der Waals surface area contributed by atoms with Crippen LogP contribution in [-0.2, 0) is 0 Å². The second-order valence-electron chi connectivity index (χ2n) is 4.14. The molecule has 0 saturated heterocycles. The molecule has 0 heterocycles. The summed E-state index contributed by atoms with van der Waals surface area (Å²) in [7, 11) is 0. The Morgan fingerprint density at radius 3 is 2.71 bits per heavy atom. The zero-order valence-electron chi connectivity index (χ0n) is 9.71. The maximum Gasteiger partial charge on any atom is 0.255 e. The van der Waals surface area contributed by atoms with Crippen LogP contribution in [0.15, 0.2) is 18.2 Å². The predicted molar refractivity (Wildman–Crippen MR) is 80.7 cm³/mol. The number of rotatable bonds is 4. The Morgan fingerprint density at radius 1 is 1.53 bits per heavy atom. The lowest BCUT2D eigenvalue weighted by Crippen LogP contribution is -2.39. The Morgan fingerprint density at radius 2 is 2.18 bits per heavy atom. The van der Waals surface area contributed by atoms with Crippen molar-refractivity contribution in [3.63, 3.8) is 0 Å². The number of phenols is 1. The first kappa shape index (κ1) is 14.8. The van der Waals surface area contributed by atoms with Gasteiger partial charge in [0, 0.05) is 14.9 Å². The monoisotopic (exact) mass is 411 g/mol. The van der Waals surface area contributed by atoms with E-state index in [4.69, 9.17) is 0 Å². The highest BCUT2D eigenvalue weighted by molar-refractivity contribution is 14.1. The summed E-state index contributed by atoms with van der Waals surface area (Å²) in [6, 6.07) is 5.03. The van der Waals surface area contributed by atoms with Crippen molar-refractivity contribution in [2.24, 2.45) is 5.92 Å². The van der Waals surface area contributed by atoms with Gasteiger partial charge in [-0.1, -0.05) is 29.8 Å². The molecule has 0 aliphatic rings. The second kappa shape index (κ2) is 6.58. The number of halogens is 2. The molecule has 94 valence electrons. The first-order valence-corrected chi connectivity index (χ1v) is 7.51. The Bertz CT molecular complexity index is 409. The number of benzene rings is 1. The van der Waals surface area contributed by atoms with Crippen LogP contribution in [0, 0.1) is 9.49 Å². The van der Waals surface area contributed by atoms with Gasteiger partial charge in [0.25, 0.3) is 5.91 Å². The van der Waals surface area contributed by atoms with Crippen LogP contribution in [0.5, 0.6) is 5.75 Å². The number of phenolic OH excluding ortho intramolecular Hbond substituents is 1. The third-order valence-electron chi connectivity index (χ3n) is 2.49. The van der Waals surface area contributed by atoms with E-state index in [2.05, 4.69) is 43.8 Å². The van der Waals surface area contributed by atoms with E-state index in [9.17, 15) is 9.90 Å². The number of carbonyl (C=O) groups is 1. The molecule has 2 N–H and O–H groups in total. The fraction of sp³-hybridized carbons (Fsp3) is 0.417. The molecule has 1 unspecified atom stereocenters. The van der Waals surface area contributed by atoms with Gasteiger partial charge in [0.1, 0.15) is 5.75 Å². The van der Waals surface area contributed by atoms with Crippen molar-refractivity contribution < 1.29 is 9.90 Å². The molecule has 1 atom stereocenters. The lowest BCUT2D eigenvalue weighted by atomic mass is 10.1. The topological polar surface area (TPSA) is 49.3 Å². The summed E-state index contributed by atoms with van der Waals surface area (Å²) in [5.41, 5.74) is 0.323. The molecule has 5 heteroatoms. The van der Waals surface area contributed by atoms with Gasteiger partial charge in [0.2, 0.25) is 0 Å². The van der Waals surface area contributed by atoms with E-state index >= 15 is 0 Å². The van der Waals surface area contributed by atoms with Crippen molar-refractivity contribution in [1.82, 2.24) is 5.32 Å². The van der Waals surface area contributed by atoms with E-state index < -0.39 is 0 Å². The van der Waals surface area contributed by atoms with E-state index in [1.54, 1.807) is 12.1 Å². The van der Waals surface area contributed by atoms with E-state index in [0.29, 0.717) is 16.8 Å². The van der Waals surface area contributed by atoms with Gasteiger partial charge in [0.15, 0.2) is 0 Å². The van der Waals surface area contributed by atoms with Crippen molar-refractivity contribution in [1.29, 1.82) is 0 Å². The van der Waals surface area contributed by atoms with Crippen molar-refractivity contribution in [2.45, 2.75) is 19.9 Å². The average Bonchev–Trinajstić information content (AvgIpc) is 2.28. The first-order valence-electron chi connectivity index (χ1n) is 5.31. The van der Waals surface area contributed by atoms with Crippen molar-refractivity contribution in [2.75, 3.05) is 5.33 Å². The quantitative estimate of drug-likeness (QED) is 0.590. The lowest BCUT2D eigenvalue weighted by molar-refractivity contribution is 0.0929. The van der Waals surface area contributed by atoms with Crippen LogP contribution in [0.2, 0.25) is 0 Å². The third kappa shape index (κ3) is 4.13. The fourth-order valence-corrected chi connectivity index (χ4v) is 2.72. The van der Waals surface area contributed by atoms with Crippen molar-refractivity contribution in [3.8, 4) is 5.75 Å². The maximum absolute atomic E-state index is 12.0. The molecule has 1 aromatic carbocycles. The average molecular weight is 412 g/mol. The minimum atomic E-state index is -0.237. The van der Waals surface area contributed by atoms with Gasteiger partial charge in [-0.05, 0) is 46.7 Å². The number of hydrogen-bond donors (Lipinski definition) is 2. The number of carbonyl (C=O) groups excluding carboxylic acids is 1. The van der Waals surface area contributed by atoms with Crippen molar-refractivity contribution in [3.05, 3.63) is 27.3 Å². The summed E-state index contributed by atoms with van der Waals surface area (Å²) in [6.45, 7) is 4.08. The minimum absolute atomic E-state index is 0.0139. The summed E-state index contributed by atoms with van der Waals surface area (Å²) in [5, 5.41) is 13.3. The number of amides is 1. The van der Waals surface area contributed by atoms with Crippen LogP contribution < -0.4 is 5.32 Å². The molecule has 1 rings (SSSR count). The van der Waals surface area contributed by atoms with Crippen LogP contribution in [-0.4, -0.2) is 22.4 Å². The van der Waals surface area contributed by atoms with E-state index in [-0.39, 0.29) is 17.7 Å². The molecule has 0 fully saturated rings. The number of aromatic hydroxyl groups is 1. The largest absolute Gasteiger partial charge is 0.507 e. The molecule has 1 aromatic rings. The number of nitrogens with one attached hydrogen (secondary N) is 1. The SMILES string of the molecule is CC(C)C(CBr)NC(=O)c1cc(I)ccc1O.